The van der Waals surface area contributed by atoms with Crippen molar-refractivity contribution in [1.29, 1.82) is 0 Å². The van der Waals surface area contributed by atoms with Gasteiger partial charge in [0, 0.05) is 17.1 Å². The Hall–Kier alpha value is 0.0500. The lowest BCUT2D eigenvalue weighted by Gasteiger charge is -2.29. The monoisotopic (exact) mass is 408 g/mol. The summed E-state index contributed by atoms with van der Waals surface area (Å²) in [5.41, 5.74) is 0. The lowest BCUT2D eigenvalue weighted by atomic mass is 9.79. The quantitative estimate of drug-likeness (QED) is 0.245. The minimum Gasteiger partial charge on any atom is -0.396 e. The molecule has 2 fully saturated rings. The summed E-state index contributed by atoms with van der Waals surface area (Å²) in [6.45, 7) is 4.83. The molecule has 2 rings (SSSR count). The van der Waals surface area contributed by atoms with Crippen LogP contribution in [0.3, 0.4) is 0 Å². The van der Waals surface area contributed by atoms with Crippen molar-refractivity contribution >= 4 is 11.8 Å². The number of thioether (sulfide) groups is 1. The summed E-state index contributed by atoms with van der Waals surface area (Å²) in [5.74, 6) is 2.36. The predicted molar refractivity (Wildman–Crippen MR) is 127 cm³/mol. The molecular weight excluding hydrogens is 360 g/mol. The molecule has 0 aromatic carbocycles. The van der Waals surface area contributed by atoms with Crippen LogP contribution < -0.4 is 0 Å². The summed E-state index contributed by atoms with van der Waals surface area (Å²) < 4.78 is 0. The normalized spacial score (nSPS) is 30.0. The van der Waals surface area contributed by atoms with E-state index in [1.54, 1.807) is 0 Å². The van der Waals surface area contributed by atoms with Gasteiger partial charge in [0.1, 0.15) is 0 Å². The Morgan fingerprint density at radius 1 is 0.929 bits per heavy atom. The van der Waals surface area contributed by atoms with Crippen LogP contribution >= 0.6 is 11.8 Å². The molecule has 1 heterocycles. The Morgan fingerprint density at radius 3 is 2.57 bits per heavy atom. The fraction of sp³-hybridized carbons (Fsp3) is 0.923. The van der Waals surface area contributed by atoms with Crippen LogP contribution in [0.15, 0.2) is 12.2 Å². The number of unbranched alkanes of at least 4 members (excludes halogenated alkanes) is 4. The van der Waals surface area contributed by atoms with Gasteiger partial charge in [-0.15, -0.1) is 0 Å². The number of rotatable bonds is 13. The van der Waals surface area contributed by atoms with Crippen LogP contribution in [0.25, 0.3) is 0 Å². The van der Waals surface area contributed by atoms with Crippen molar-refractivity contribution in [2.24, 2.45) is 17.8 Å². The molecule has 0 amide bonds. The van der Waals surface area contributed by atoms with Crippen LogP contribution in [0.1, 0.15) is 117 Å². The SMILES string of the molecule is CCCCCCC1CCCC(/C=C\C2CCCC(CCCCC(C)CO)S2)C1. The van der Waals surface area contributed by atoms with Crippen LogP contribution in [0.5, 0.6) is 0 Å². The van der Waals surface area contributed by atoms with E-state index in [4.69, 9.17) is 5.11 Å². The minimum atomic E-state index is 0.353. The van der Waals surface area contributed by atoms with Crippen molar-refractivity contribution in [3.63, 3.8) is 0 Å². The zero-order valence-electron chi connectivity index (χ0n) is 18.9. The Labute approximate surface area is 180 Å². The topological polar surface area (TPSA) is 20.2 Å². The molecule has 2 aliphatic rings. The van der Waals surface area contributed by atoms with Gasteiger partial charge in [-0.05, 0) is 56.3 Å². The summed E-state index contributed by atoms with van der Waals surface area (Å²) in [6.07, 6.45) is 27.7. The van der Waals surface area contributed by atoms with Crippen LogP contribution in [-0.2, 0) is 0 Å². The number of aliphatic hydroxyl groups is 1. The molecule has 0 radical (unpaired) electrons. The third kappa shape index (κ3) is 10.2. The zero-order valence-corrected chi connectivity index (χ0v) is 19.7. The van der Waals surface area contributed by atoms with Crippen molar-refractivity contribution < 1.29 is 5.11 Å². The first-order valence-corrected chi connectivity index (χ1v) is 13.6. The average Bonchev–Trinajstić information content (AvgIpc) is 2.73. The Bertz CT molecular complexity index is 407. The van der Waals surface area contributed by atoms with Crippen molar-refractivity contribution in [1.82, 2.24) is 0 Å². The highest BCUT2D eigenvalue weighted by molar-refractivity contribution is 8.00. The molecule has 0 bridgehead atoms. The minimum absolute atomic E-state index is 0.353. The molecule has 5 atom stereocenters. The van der Waals surface area contributed by atoms with Gasteiger partial charge in [0.05, 0.1) is 0 Å². The van der Waals surface area contributed by atoms with Crippen LogP contribution in [0.4, 0.5) is 0 Å². The largest absolute Gasteiger partial charge is 0.396 e. The number of aliphatic hydroxyl groups excluding tert-OH is 1. The molecule has 1 nitrogen and oxygen atoms in total. The summed E-state index contributed by atoms with van der Waals surface area (Å²) in [5, 5.41) is 10.8. The molecule has 2 heteroatoms. The third-order valence-corrected chi connectivity index (χ3v) is 8.65. The Morgan fingerprint density at radius 2 is 1.75 bits per heavy atom. The second-order valence-electron chi connectivity index (χ2n) is 9.83. The molecule has 0 spiro atoms. The number of allylic oxidation sites excluding steroid dienone is 1. The Kier molecular flexibility index (Phi) is 13.0. The first-order valence-electron chi connectivity index (χ1n) is 12.7. The van der Waals surface area contributed by atoms with E-state index in [0.717, 1.165) is 22.3 Å². The van der Waals surface area contributed by atoms with E-state index in [9.17, 15) is 0 Å². The Balaban J connectivity index is 1.63. The maximum atomic E-state index is 9.15. The number of hydrogen-bond donors (Lipinski definition) is 1. The predicted octanol–water partition coefficient (Wildman–Crippen LogP) is 8.16. The van der Waals surface area contributed by atoms with Crippen LogP contribution in [0, 0.1) is 17.8 Å². The fourth-order valence-electron chi connectivity index (χ4n) is 5.15. The van der Waals surface area contributed by atoms with Gasteiger partial charge < -0.3 is 5.11 Å². The van der Waals surface area contributed by atoms with Gasteiger partial charge >= 0.3 is 0 Å². The maximum absolute atomic E-state index is 9.15. The van der Waals surface area contributed by atoms with Crippen molar-refractivity contribution in [2.75, 3.05) is 6.61 Å². The number of hydrogen-bond acceptors (Lipinski definition) is 2. The molecule has 0 aromatic heterocycles. The van der Waals surface area contributed by atoms with Crippen molar-refractivity contribution in [3.05, 3.63) is 12.2 Å². The van der Waals surface area contributed by atoms with E-state index in [0.29, 0.717) is 12.5 Å². The zero-order chi connectivity index (χ0) is 20.0. The molecule has 0 aromatic rings. The molecular formula is C26H48OS. The average molecular weight is 409 g/mol. The van der Waals surface area contributed by atoms with Crippen molar-refractivity contribution in [2.45, 2.75) is 127 Å². The van der Waals surface area contributed by atoms with E-state index in [1.165, 1.54) is 103 Å². The molecule has 1 saturated heterocycles. The van der Waals surface area contributed by atoms with Crippen LogP contribution in [0.2, 0.25) is 0 Å². The first-order chi connectivity index (χ1) is 13.7. The van der Waals surface area contributed by atoms with E-state index >= 15 is 0 Å². The summed E-state index contributed by atoms with van der Waals surface area (Å²) >= 11 is 2.27. The summed E-state index contributed by atoms with van der Waals surface area (Å²) in [6, 6.07) is 0. The molecule has 1 N–H and O–H groups in total. The summed E-state index contributed by atoms with van der Waals surface area (Å²) in [7, 11) is 0. The standard InChI is InChI=1S/C26H48OS/c1-3-4-5-6-12-23-13-9-14-24(20-23)18-19-26-17-10-16-25(28-26)15-8-7-11-22(2)21-27/h18-19,22-27H,3-17,20-21H2,1-2H3/b19-18-. The highest BCUT2D eigenvalue weighted by Crippen LogP contribution is 2.37. The van der Waals surface area contributed by atoms with E-state index in [1.807, 2.05) is 0 Å². The highest BCUT2D eigenvalue weighted by Gasteiger charge is 2.23. The highest BCUT2D eigenvalue weighted by atomic mass is 32.2. The van der Waals surface area contributed by atoms with Gasteiger partial charge in [-0.2, -0.15) is 11.8 Å². The van der Waals surface area contributed by atoms with Gasteiger partial charge in [-0.25, -0.2) is 0 Å². The molecule has 164 valence electrons. The van der Waals surface area contributed by atoms with Gasteiger partial charge in [0.15, 0.2) is 0 Å². The molecule has 1 aliphatic heterocycles. The second kappa shape index (κ2) is 14.9. The smallest absolute Gasteiger partial charge is 0.0456 e. The van der Waals surface area contributed by atoms with E-state index in [-0.39, 0.29) is 0 Å². The maximum Gasteiger partial charge on any atom is 0.0456 e. The van der Waals surface area contributed by atoms with E-state index in [2.05, 4.69) is 37.8 Å². The van der Waals surface area contributed by atoms with Crippen molar-refractivity contribution in [3.8, 4) is 0 Å². The molecule has 28 heavy (non-hydrogen) atoms. The second-order valence-corrected chi connectivity index (χ2v) is 11.4. The van der Waals surface area contributed by atoms with E-state index < -0.39 is 0 Å². The molecule has 1 aliphatic carbocycles. The lowest BCUT2D eigenvalue weighted by Crippen LogP contribution is -2.17. The fourth-order valence-corrected chi connectivity index (χ4v) is 6.73. The molecule has 1 saturated carbocycles. The van der Waals surface area contributed by atoms with Gasteiger partial charge in [0.2, 0.25) is 0 Å². The van der Waals surface area contributed by atoms with Gasteiger partial charge in [0.25, 0.3) is 0 Å². The first kappa shape index (κ1) is 24.3. The van der Waals surface area contributed by atoms with Gasteiger partial charge in [-0.3, -0.25) is 0 Å². The van der Waals surface area contributed by atoms with Crippen LogP contribution in [-0.4, -0.2) is 22.2 Å². The lowest BCUT2D eigenvalue weighted by molar-refractivity contribution is 0.227. The van der Waals surface area contributed by atoms with Gasteiger partial charge in [-0.1, -0.05) is 90.2 Å². The molecule has 5 unspecified atom stereocenters. The summed E-state index contributed by atoms with van der Waals surface area (Å²) in [4.78, 5) is 0. The third-order valence-electron chi connectivity index (χ3n) is 7.05.